The summed E-state index contributed by atoms with van der Waals surface area (Å²) in [5, 5.41) is 5.03. The monoisotopic (exact) mass is 284 g/mol. The van der Waals surface area contributed by atoms with E-state index in [1.807, 2.05) is 0 Å². The van der Waals surface area contributed by atoms with Crippen LogP contribution in [0.2, 0.25) is 0 Å². The summed E-state index contributed by atoms with van der Waals surface area (Å²) in [6.45, 7) is 7.08. The number of hydrogen-bond acceptors (Lipinski definition) is 4. The molecule has 0 bridgehead atoms. The van der Waals surface area contributed by atoms with Gasteiger partial charge in [0.1, 0.15) is 12.4 Å². The van der Waals surface area contributed by atoms with Gasteiger partial charge in [0.2, 0.25) is 10.0 Å². The number of hydrogen-bond donors (Lipinski definition) is 1. The summed E-state index contributed by atoms with van der Waals surface area (Å²) in [6.07, 6.45) is 0. The lowest BCUT2D eigenvalue weighted by Gasteiger charge is -2.44. The number of sulfonamides is 1. The molecule has 1 heterocycles. The first-order chi connectivity index (χ1) is 8.88. The Morgan fingerprint density at radius 3 is 2.42 bits per heavy atom. The molecule has 0 amide bonds. The Hall–Kier alpha value is -1.11. The van der Waals surface area contributed by atoms with Gasteiger partial charge in [0.25, 0.3) is 0 Å². The van der Waals surface area contributed by atoms with Crippen LogP contribution in [0.15, 0.2) is 29.2 Å². The average Bonchev–Trinajstić information content (AvgIpc) is 2.37. The van der Waals surface area contributed by atoms with Gasteiger partial charge >= 0.3 is 0 Å². The number of nitrogens with zero attached hydrogens (tertiary/aromatic N) is 1. The molecule has 2 atom stereocenters. The van der Waals surface area contributed by atoms with Crippen molar-refractivity contribution in [1.82, 2.24) is 4.90 Å². The van der Waals surface area contributed by atoms with Gasteiger partial charge in [-0.05, 0) is 37.1 Å². The number of nitrogens with two attached hydrogens (primary N) is 1. The van der Waals surface area contributed by atoms with E-state index in [1.54, 1.807) is 12.1 Å². The van der Waals surface area contributed by atoms with Crippen LogP contribution in [0.3, 0.4) is 0 Å². The van der Waals surface area contributed by atoms with E-state index in [4.69, 9.17) is 9.88 Å². The summed E-state index contributed by atoms with van der Waals surface area (Å²) in [5.74, 6) is 1.42. The maximum atomic E-state index is 11.1. The van der Waals surface area contributed by atoms with Crippen molar-refractivity contribution in [3.8, 4) is 5.75 Å². The third-order valence-corrected chi connectivity index (χ3v) is 4.65. The summed E-state index contributed by atoms with van der Waals surface area (Å²) >= 11 is 0. The molecule has 2 N–H and O–H groups in total. The quantitative estimate of drug-likeness (QED) is 0.877. The van der Waals surface area contributed by atoms with Gasteiger partial charge in [-0.25, -0.2) is 13.6 Å². The van der Waals surface area contributed by atoms with Crippen LogP contribution >= 0.6 is 0 Å². The highest BCUT2D eigenvalue weighted by molar-refractivity contribution is 7.89. The summed E-state index contributed by atoms with van der Waals surface area (Å²) in [6, 6.07) is 6.79. The molecule has 1 aromatic rings. The van der Waals surface area contributed by atoms with Crippen LogP contribution in [0.25, 0.3) is 0 Å². The van der Waals surface area contributed by atoms with Crippen molar-refractivity contribution in [2.24, 2.45) is 11.1 Å². The number of likely N-dealkylation sites (tertiary alicyclic amines) is 1. The first-order valence-corrected chi connectivity index (χ1v) is 7.92. The summed E-state index contributed by atoms with van der Waals surface area (Å²) in [5.41, 5.74) is 0. The third kappa shape index (κ3) is 3.46. The Bertz CT molecular complexity index is 527. The van der Waals surface area contributed by atoms with Crippen LogP contribution in [-0.4, -0.2) is 39.1 Å². The molecule has 0 aliphatic carbocycles. The number of rotatable bonds is 5. The number of benzene rings is 1. The number of primary sulfonamides is 1. The van der Waals surface area contributed by atoms with E-state index in [0.29, 0.717) is 18.4 Å². The van der Waals surface area contributed by atoms with Gasteiger partial charge in [0.15, 0.2) is 0 Å². The second-order valence-corrected chi connectivity index (χ2v) is 6.64. The first kappa shape index (κ1) is 14.3. The molecule has 1 saturated heterocycles. The van der Waals surface area contributed by atoms with E-state index in [9.17, 15) is 8.42 Å². The zero-order valence-electron chi connectivity index (χ0n) is 11.2. The molecule has 0 aromatic heterocycles. The Labute approximate surface area is 114 Å². The molecule has 19 heavy (non-hydrogen) atoms. The molecule has 1 aliphatic rings. The summed E-state index contributed by atoms with van der Waals surface area (Å²) in [4.78, 5) is 2.47. The highest BCUT2D eigenvalue weighted by atomic mass is 32.2. The predicted octanol–water partition coefficient (Wildman–Crippen LogP) is 1.05. The van der Waals surface area contributed by atoms with Crippen molar-refractivity contribution in [2.75, 3.05) is 19.7 Å². The van der Waals surface area contributed by atoms with Gasteiger partial charge in [0.05, 0.1) is 4.90 Å². The zero-order chi connectivity index (χ0) is 14.0. The lowest BCUT2D eigenvalue weighted by molar-refractivity contribution is 0.0269. The largest absolute Gasteiger partial charge is 0.492 e. The minimum Gasteiger partial charge on any atom is -0.492 e. The standard InChI is InChI=1S/C13H20N2O3S/c1-10-9-15(11(10)2)7-8-18-12-3-5-13(6-4-12)19(14,16)17/h3-6,10-11H,7-9H2,1-2H3,(H2,14,16,17)/t10-,11+/m0/s1. The van der Waals surface area contributed by atoms with Gasteiger partial charge < -0.3 is 4.74 Å². The van der Waals surface area contributed by atoms with Crippen LogP contribution in [0, 0.1) is 5.92 Å². The van der Waals surface area contributed by atoms with E-state index < -0.39 is 10.0 Å². The van der Waals surface area contributed by atoms with Crippen molar-refractivity contribution in [3.63, 3.8) is 0 Å². The fraction of sp³-hybridized carbons (Fsp3) is 0.538. The molecule has 2 rings (SSSR count). The highest BCUT2D eigenvalue weighted by Gasteiger charge is 2.30. The summed E-state index contributed by atoms with van der Waals surface area (Å²) < 4.78 is 27.8. The normalized spacial score (nSPS) is 23.9. The van der Waals surface area contributed by atoms with Crippen LogP contribution < -0.4 is 9.88 Å². The predicted molar refractivity (Wildman–Crippen MR) is 73.5 cm³/mol. The third-order valence-electron chi connectivity index (χ3n) is 3.72. The molecule has 6 heteroatoms. The Morgan fingerprint density at radius 2 is 1.95 bits per heavy atom. The molecule has 0 unspecified atom stereocenters. The second-order valence-electron chi connectivity index (χ2n) is 5.08. The lowest BCUT2D eigenvalue weighted by atomic mass is 9.92. The van der Waals surface area contributed by atoms with Crippen molar-refractivity contribution >= 4 is 10.0 Å². The molecule has 0 radical (unpaired) electrons. The minimum absolute atomic E-state index is 0.102. The van der Waals surface area contributed by atoms with Crippen molar-refractivity contribution < 1.29 is 13.2 Å². The lowest BCUT2D eigenvalue weighted by Crippen LogP contribution is -2.54. The van der Waals surface area contributed by atoms with E-state index in [2.05, 4.69) is 18.7 Å². The molecule has 5 nitrogen and oxygen atoms in total. The Morgan fingerprint density at radius 1 is 1.32 bits per heavy atom. The van der Waals surface area contributed by atoms with Crippen molar-refractivity contribution in [2.45, 2.75) is 24.8 Å². The first-order valence-electron chi connectivity index (χ1n) is 6.37. The fourth-order valence-corrected chi connectivity index (χ4v) is 2.73. The molecular weight excluding hydrogens is 264 g/mol. The van der Waals surface area contributed by atoms with Gasteiger partial charge in [-0.2, -0.15) is 0 Å². The van der Waals surface area contributed by atoms with E-state index in [-0.39, 0.29) is 4.90 Å². The topological polar surface area (TPSA) is 72.6 Å². The van der Waals surface area contributed by atoms with Gasteiger partial charge in [-0.3, -0.25) is 4.90 Å². The molecular formula is C13H20N2O3S. The van der Waals surface area contributed by atoms with Crippen LogP contribution in [0.5, 0.6) is 5.75 Å². The van der Waals surface area contributed by atoms with E-state index in [1.165, 1.54) is 12.1 Å². The molecule has 1 aliphatic heterocycles. The SMILES string of the molecule is C[C@@H]1[C@@H](C)CN1CCOc1ccc(S(N)(=O)=O)cc1. The van der Waals surface area contributed by atoms with Crippen molar-refractivity contribution in [3.05, 3.63) is 24.3 Å². The molecule has 1 fully saturated rings. The highest BCUT2D eigenvalue weighted by Crippen LogP contribution is 2.23. The van der Waals surface area contributed by atoms with Crippen LogP contribution in [0.4, 0.5) is 0 Å². The van der Waals surface area contributed by atoms with Crippen molar-refractivity contribution in [1.29, 1.82) is 0 Å². The van der Waals surface area contributed by atoms with Gasteiger partial charge in [0, 0.05) is 19.1 Å². The van der Waals surface area contributed by atoms with E-state index >= 15 is 0 Å². The maximum absolute atomic E-state index is 11.1. The van der Waals surface area contributed by atoms with E-state index in [0.717, 1.165) is 19.0 Å². The van der Waals surface area contributed by atoms with Gasteiger partial charge in [-0.1, -0.05) is 6.92 Å². The molecule has 1 aromatic carbocycles. The van der Waals surface area contributed by atoms with Crippen LogP contribution in [0.1, 0.15) is 13.8 Å². The minimum atomic E-state index is -3.63. The molecule has 0 spiro atoms. The Balaban J connectivity index is 1.81. The van der Waals surface area contributed by atoms with Gasteiger partial charge in [-0.15, -0.1) is 0 Å². The molecule has 106 valence electrons. The average molecular weight is 284 g/mol. The zero-order valence-corrected chi connectivity index (χ0v) is 12.1. The fourth-order valence-electron chi connectivity index (χ4n) is 2.21. The summed E-state index contributed by atoms with van der Waals surface area (Å²) in [7, 11) is -3.63. The smallest absolute Gasteiger partial charge is 0.238 e. The Kier molecular flexibility index (Phi) is 4.13. The number of ether oxygens (including phenoxy) is 1. The second kappa shape index (κ2) is 5.48. The maximum Gasteiger partial charge on any atom is 0.238 e. The van der Waals surface area contributed by atoms with Crippen LogP contribution in [-0.2, 0) is 10.0 Å². The molecule has 0 saturated carbocycles.